The van der Waals surface area contributed by atoms with E-state index in [1.54, 1.807) is 0 Å². The lowest BCUT2D eigenvalue weighted by Crippen LogP contribution is -2.22. The van der Waals surface area contributed by atoms with Crippen LogP contribution in [0.5, 0.6) is 0 Å². The van der Waals surface area contributed by atoms with Crippen LogP contribution in [0.2, 0.25) is 0 Å². The third kappa shape index (κ3) is 3.33. The molecule has 0 aliphatic heterocycles. The minimum atomic E-state index is 0.312. The van der Waals surface area contributed by atoms with Gasteiger partial charge in [0.2, 0.25) is 0 Å². The molecule has 0 radical (unpaired) electrons. The standard InChI is InChI=1S/C16H25NO/c1-3-11-18-12-16(17-2)15-9-7-14(8-10-15)13-5-4-6-13/h7-10,13,16-17H,3-6,11-12H2,1-2H3. The number of rotatable bonds is 7. The Hall–Kier alpha value is -0.860. The molecule has 1 unspecified atom stereocenters. The van der Waals surface area contributed by atoms with Crippen molar-refractivity contribution in [3.05, 3.63) is 35.4 Å². The maximum Gasteiger partial charge on any atom is 0.0661 e. The number of nitrogens with one attached hydrogen (secondary N) is 1. The van der Waals surface area contributed by atoms with Gasteiger partial charge in [0.15, 0.2) is 0 Å². The molecule has 1 N–H and O–H groups in total. The van der Waals surface area contributed by atoms with E-state index in [2.05, 4.69) is 36.5 Å². The third-order valence-corrected chi connectivity index (χ3v) is 3.90. The number of ether oxygens (including phenoxy) is 1. The van der Waals surface area contributed by atoms with Crippen LogP contribution in [0.25, 0.3) is 0 Å². The zero-order valence-corrected chi connectivity index (χ0v) is 11.6. The number of likely N-dealkylation sites (N-methyl/N-ethyl adjacent to an activating group) is 1. The fourth-order valence-electron chi connectivity index (χ4n) is 2.43. The molecule has 0 aromatic heterocycles. The van der Waals surface area contributed by atoms with Gasteiger partial charge in [0.1, 0.15) is 0 Å². The lowest BCUT2D eigenvalue weighted by atomic mass is 9.80. The predicted molar refractivity (Wildman–Crippen MR) is 75.9 cm³/mol. The molecule has 0 bridgehead atoms. The normalized spacial score (nSPS) is 17.4. The van der Waals surface area contributed by atoms with Crippen LogP contribution >= 0.6 is 0 Å². The van der Waals surface area contributed by atoms with Crippen LogP contribution in [0.15, 0.2) is 24.3 Å². The summed E-state index contributed by atoms with van der Waals surface area (Å²) in [5.74, 6) is 0.823. The smallest absolute Gasteiger partial charge is 0.0661 e. The van der Waals surface area contributed by atoms with E-state index in [1.165, 1.54) is 30.4 Å². The molecule has 1 atom stereocenters. The van der Waals surface area contributed by atoms with Crippen LogP contribution in [0.3, 0.4) is 0 Å². The lowest BCUT2D eigenvalue weighted by Gasteiger charge is -2.26. The van der Waals surface area contributed by atoms with Crippen LogP contribution in [-0.4, -0.2) is 20.3 Å². The molecule has 100 valence electrons. The maximum absolute atomic E-state index is 5.64. The molecule has 18 heavy (non-hydrogen) atoms. The molecule has 1 aromatic rings. The number of benzene rings is 1. The van der Waals surface area contributed by atoms with Gasteiger partial charge in [0, 0.05) is 6.61 Å². The molecule has 1 aliphatic rings. The first kappa shape index (κ1) is 13.6. The SMILES string of the molecule is CCCOCC(NC)c1ccc(C2CCC2)cc1. The van der Waals surface area contributed by atoms with E-state index in [4.69, 9.17) is 4.74 Å². The van der Waals surface area contributed by atoms with E-state index < -0.39 is 0 Å². The van der Waals surface area contributed by atoms with Crippen LogP contribution in [0, 0.1) is 0 Å². The highest BCUT2D eigenvalue weighted by Crippen LogP contribution is 2.36. The quantitative estimate of drug-likeness (QED) is 0.743. The van der Waals surface area contributed by atoms with Crippen molar-refractivity contribution in [3.8, 4) is 0 Å². The van der Waals surface area contributed by atoms with Gasteiger partial charge in [-0.25, -0.2) is 0 Å². The molecule has 1 saturated carbocycles. The van der Waals surface area contributed by atoms with Crippen molar-refractivity contribution in [3.63, 3.8) is 0 Å². The van der Waals surface area contributed by atoms with E-state index in [0.29, 0.717) is 6.04 Å². The highest BCUT2D eigenvalue weighted by molar-refractivity contribution is 5.28. The first-order valence-corrected chi connectivity index (χ1v) is 7.20. The van der Waals surface area contributed by atoms with Gasteiger partial charge in [0.25, 0.3) is 0 Å². The number of hydrogen-bond acceptors (Lipinski definition) is 2. The Morgan fingerprint density at radius 1 is 1.28 bits per heavy atom. The molecule has 1 aliphatic carbocycles. The molecule has 0 spiro atoms. The van der Waals surface area contributed by atoms with Crippen LogP contribution in [0.4, 0.5) is 0 Å². The first-order valence-electron chi connectivity index (χ1n) is 7.20. The summed E-state index contributed by atoms with van der Waals surface area (Å²) in [6.07, 6.45) is 5.22. The fourth-order valence-corrected chi connectivity index (χ4v) is 2.43. The lowest BCUT2D eigenvalue weighted by molar-refractivity contribution is 0.114. The second-order valence-electron chi connectivity index (χ2n) is 5.21. The van der Waals surface area contributed by atoms with Crippen molar-refractivity contribution in [2.24, 2.45) is 0 Å². The molecule has 1 aromatic carbocycles. The van der Waals surface area contributed by atoms with Gasteiger partial charge in [-0.2, -0.15) is 0 Å². The predicted octanol–water partition coefficient (Wildman–Crippen LogP) is 3.64. The molecule has 1 fully saturated rings. The van der Waals surface area contributed by atoms with Gasteiger partial charge < -0.3 is 10.1 Å². The maximum atomic E-state index is 5.64. The summed E-state index contributed by atoms with van der Waals surface area (Å²) >= 11 is 0. The van der Waals surface area contributed by atoms with Crippen molar-refractivity contribution < 1.29 is 4.74 Å². The Morgan fingerprint density at radius 2 is 2.00 bits per heavy atom. The summed E-state index contributed by atoms with van der Waals surface area (Å²) in [6, 6.07) is 9.41. The monoisotopic (exact) mass is 247 g/mol. The minimum Gasteiger partial charge on any atom is -0.379 e. The minimum absolute atomic E-state index is 0.312. The van der Waals surface area contributed by atoms with Gasteiger partial charge in [-0.3, -0.25) is 0 Å². The van der Waals surface area contributed by atoms with E-state index in [-0.39, 0.29) is 0 Å². The van der Waals surface area contributed by atoms with Crippen molar-refractivity contribution in [2.45, 2.75) is 44.6 Å². The first-order chi connectivity index (χ1) is 8.85. The summed E-state index contributed by atoms with van der Waals surface area (Å²) in [6.45, 7) is 3.74. The van der Waals surface area contributed by atoms with Crippen LogP contribution in [-0.2, 0) is 4.74 Å². The second-order valence-corrected chi connectivity index (χ2v) is 5.21. The summed E-state index contributed by atoms with van der Waals surface area (Å²) in [7, 11) is 2.00. The Labute approximate surface area is 111 Å². The van der Waals surface area contributed by atoms with Gasteiger partial charge in [-0.1, -0.05) is 37.6 Å². The molecule has 0 amide bonds. The Kier molecular flexibility index (Phi) is 5.21. The molecule has 2 nitrogen and oxygen atoms in total. The molecule has 2 heteroatoms. The number of hydrogen-bond donors (Lipinski definition) is 1. The van der Waals surface area contributed by atoms with Crippen LogP contribution < -0.4 is 5.32 Å². The zero-order valence-electron chi connectivity index (χ0n) is 11.6. The Morgan fingerprint density at radius 3 is 2.50 bits per heavy atom. The van der Waals surface area contributed by atoms with E-state index in [0.717, 1.165) is 25.6 Å². The average molecular weight is 247 g/mol. The topological polar surface area (TPSA) is 21.3 Å². The molecule has 2 rings (SSSR count). The molecular formula is C16H25NO. The fraction of sp³-hybridized carbons (Fsp3) is 0.625. The summed E-state index contributed by atoms with van der Waals surface area (Å²) in [5, 5.41) is 3.33. The highest BCUT2D eigenvalue weighted by Gasteiger charge is 2.19. The molecule has 0 saturated heterocycles. The molecule has 0 heterocycles. The van der Waals surface area contributed by atoms with Gasteiger partial charge >= 0.3 is 0 Å². The van der Waals surface area contributed by atoms with Crippen molar-refractivity contribution in [1.29, 1.82) is 0 Å². The van der Waals surface area contributed by atoms with Crippen molar-refractivity contribution in [1.82, 2.24) is 5.32 Å². The summed E-state index contributed by atoms with van der Waals surface area (Å²) in [5.41, 5.74) is 2.84. The van der Waals surface area contributed by atoms with Gasteiger partial charge in [0.05, 0.1) is 12.6 Å². The zero-order chi connectivity index (χ0) is 12.8. The van der Waals surface area contributed by atoms with Crippen molar-refractivity contribution in [2.75, 3.05) is 20.3 Å². The summed E-state index contributed by atoms with van der Waals surface area (Å²) < 4.78 is 5.64. The highest BCUT2D eigenvalue weighted by atomic mass is 16.5. The van der Waals surface area contributed by atoms with E-state index >= 15 is 0 Å². The Bertz CT molecular complexity index is 343. The summed E-state index contributed by atoms with van der Waals surface area (Å²) in [4.78, 5) is 0. The third-order valence-electron chi connectivity index (χ3n) is 3.90. The Balaban J connectivity index is 1.93. The van der Waals surface area contributed by atoms with Gasteiger partial charge in [-0.05, 0) is 43.4 Å². The average Bonchev–Trinajstić information content (AvgIpc) is 2.34. The molecular weight excluding hydrogens is 222 g/mol. The van der Waals surface area contributed by atoms with Crippen LogP contribution in [0.1, 0.15) is 55.7 Å². The van der Waals surface area contributed by atoms with Gasteiger partial charge in [-0.15, -0.1) is 0 Å². The second kappa shape index (κ2) is 6.91. The van der Waals surface area contributed by atoms with Crippen molar-refractivity contribution >= 4 is 0 Å². The largest absolute Gasteiger partial charge is 0.379 e. The van der Waals surface area contributed by atoms with E-state index in [9.17, 15) is 0 Å². The van der Waals surface area contributed by atoms with E-state index in [1.807, 2.05) is 7.05 Å².